The lowest BCUT2D eigenvalue weighted by molar-refractivity contribution is 0.0957. The first kappa shape index (κ1) is 22.0. The number of carbonyl (C=O) groups excluding carboxylic acids is 1. The molecule has 5 rings (SSSR count). The van der Waals surface area contributed by atoms with Gasteiger partial charge in [0.15, 0.2) is 11.5 Å². The van der Waals surface area contributed by atoms with E-state index in [1.54, 1.807) is 25.4 Å². The second kappa shape index (κ2) is 9.57. The van der Waals surface area contributed by atoms with Crippen LogP contribution in [0.4, 0.5) is 17.5 Å². The molecule has 1 amide bonds. The number of anilines is 3. The van der Waals surface area contributed by atoms with Crippen molar-refractivity contribution in [2.45, 2.75) is 50.2 Å². The minimum absolute atomic E-state index is 0.249. The molecule has 10 heteroatoms. The van der Waals surface area contributed by atoms with Crippen LogP contribution in [0.25, 0.3) is 10.9 Å². The van der Waals surface area contributed by atoms with Gasteiger partial charge < -0.3 is 16.0 Å². The Balaban J connectivity index is 1.36. The summed E-state index contributed by atoms with van der Waals surface area (Å²) in [6.07, 6.45) is 6.81. The van der Waals surface area contributed by atoms with Crippen LogP contribution in [0.5, 0.6) is 0 Å². The highest BCUT2D eigenvalue weighted by Crippen LogP contribution is 2.37. The number of nitrogens with one attached hydrogen (secondary N) is 3. The number of pyridine rings is 2. The van der Waals surface area contributed by atoms with Crippen LogP contribution < -0.4 is 16.0 Å². The number of hydrogen-bond donors (Lipinski definition) is 3. The summed E-state index contributed by atoms with van der Waals surface area (Å²) < 4.78 is 0. The summed E-state index contributed by atoms with van der Waals surface area (Å²) in [5.74, 6) is 1.60. The monoisotopic (exact) mass is 457 g/mol. The van der Waals surface area contributed by atoms with Crippen LogP contribution in [0.2, 0.25) is 0 Å². The van der Waals surface area contributed by atoms with E-state index in [1.807, 2.05) is 18.2 Å². The largest absolute Gasteiger partial charge is 0.367 e. The Morgan fingerprint density at radius 1 is 1.18 bits per heavy atom. The normalized spacial score (nSPS) is 21.7. The van der Waals surface area contributed by atoms with Crippen LogP contribution in [-0.4, -0.2) is 62.7 Å². The lowest BCUT2D eigenvalue weighted by Gasteiger charge is -2.39. The van der Waals surface area contributed by atoms with Gasteiger partial charge in [0.25, 0.3) is 5.91 Å². The molecule has 3 aromatic heterocycles. The SMILES string of the molecule is CNC(=O)c1ccc(Nc2cc3ncccc3c(NC3CC4CCC(C3)N4CCC#N)n2)nn1. The molecular formula is C24H27N9O. The van der Waals surface area contributed by atoms with Gasteiger partial charge in [0, 0.05) is 55.8 Å². The van der Waals surface area contributed by atoms with Crippen LogP contribution >= 0.6 is 0 Å². The van der Waals surface area contributed by atoms with Crippen LogP contribution in [0.3, 0.4) is 0 Å². The third kappa shape index (κ3) is 4.47. The number of fused-ring (bicyclic) bond motifs is 3. The van der Waals surface area contributed by atoms with E-state index in [1.165, 1.54) is 12.8 Å². The molecule has 3 aromatic rings. The quantitative estimate of drug-likeness (QED) is 0.490. The van der Waals surface area contributed by atoms with Gasteiger partial charge in [-0.15, -0.1) is 10.2 Å². The zero-order valence-corrected chi connectivity index (χ0v) is 19.0. The van der Waals surface area contributed by atoms with E-state index < -0.39 is 0 Å². The van der Waals surface area contributed by atoms with Crippen molar-refractivity contribution in [2.75, 3.05) is 24.2 Å². The third-order valence-electron chi connectivity index (χ3n) is 6.69. The Bertz CT molecular complexity index is 1210. The Morgan fingerprint density at radius 3 is 2.71 bits per heavy atom. The van der Waals surface area contributed by atoms with E-state index in [2.05, 4.69) is 42.1 Å². The predicted octanol–water partition coefficient (Wildman–Crippen LogP) is 2.84. The Labute approximate surface area is 197 Å². The summed E-state index contributed by atoms with van der Waals surface area (Å²) in [6, 6.07) is 12.8. The number of rotatable bonds is 7. The highest BCUT2D eigenvalue weighted by Gasteiger charge is 2.40. The van der Waals surface area contributed by atoms with E-state index in [9.17, 15) is 4.79 Å². The fraction of sp³-hybridized carbons (Fsp3) is 0.417. The Kier molecular flexibility index (Phi) is 6.18. The third-order valence-corrected chi connectivity index (χ3v) is 6.69. The number of nitriles is 1. The maximum absolute atomic E-state index is 11.7. The average Bonchev–Trinajstić information content (AvgIpc) is 3.10. The first-order chi connectivity index (χ1) is 16.6. The summed E-state index contributed by atoms with van der Waals surface area (Å²) >= 11 is 0. The number of nitrogens with zero attached hydrogens (tertiary/aromatic N) is 6. The zero-order chi connectivity index (χ0) is 23.5. The molecule has 10 nitrogen and oxygen atoms in total. The molecule has 2 aliphatic rings. The lowest BCUT2D eigenvalue weighted by atomic mass is 9.97. The van der Waals surface area contributed by atoms with Gasteiger partial charge in [-0.05, 0) is 49.9 Å². The van der Waals surface area contributed by atoms with Gasteiger partial charge in [-0.1, -0.05) is 0 Å². The summed E-state index contributed by atoms with van der Waals surface area (Å²) in [5, 5.41) is 27.4. The molecule has 2 fully saturated rings. The molecule has 2 atom stereocenters. The summed E-state index contributed by atoms with van der Waals surface area (Å²) in [7, 11) is 1.55. The van der Waals surface area contributed by atoms with E-state index in [-0.39, 0.29) is 11.6 Å². The molecule has 2 bridgehead atoms. The van der Waals surface area contributed by atoms with E-state index in [4.69, 9.17) is 10.2 Å². The summed E-state index contributed by atoms with van der Waals surface area (Å²) in [4.78, 5) is 23.6. The highest BCUT2D eigenvalue weighted by molar-refractivity contribution is 5.92. The molecule has 0 aliphatic carbocycles. The zero-order valence-electron chi connectivity index (χ0n) is 19.0. The fourth-order valence-corrected chi connectivity index (χ4v) is 5.16. The van der Waals surface area contributed by atoms with Crippen LogP contribution in [0.15, 0.2) is 36.5 Å². The summed E-state index contributed by atoms with van der Waals surface area (Å²) in [6.45, 7) is 0.864. The lowest BCUT2D eigenvalue weighted by Crippen LogP contribution is -2.47. The Hall–Kier alpha value is -3.84. The van der Waals surface area contributed by atoms with Gasteiger partial charge >= 0.3 is 0 Å². The molecule has 0 aromatic carbocycles. The number of hydrogen-bond acceptors (Lipinski definition) is 9. The second-order valence-corrected chi connectivity index (χ2v) is 8.78. The minimum atomic E-state index is -0.286. The van der Waals surface area contributed by atoms with E-state index >= 15 is 0 Å². The molecule has 174 valence electrons. The molecule has 3 N–H and O–H groups in total. The van der Waals surface area contributed by atoms with Crippen molar-refractivity contribution < 1.29 is 4.79 Å². The molecule has 0 spiro atoms. The van der Waals surface area contributed by atoms with Crippen LogP contribution in [0.1, 0.15) is 42.6 Å². The molecule has 34 heavy (non-hydrogen) atoms. The van der Waals surface area contributed by atoms with Gasteiger partial charge in [0.2, 0.25) is 0 Å². The first-order valence-corrected chi connectivity index (χ1v) is 11.6. The molecular weight excluding hydrogens is 430 g/mol. The summed E-state index contributed by atoms with van der Waals surface area (Å²) in [5.41, 5.74) is 1.08. The van der Waals surface area contributed by atoms with Crippen molar-refractivity contribution in [1.82, 2.24) is 30.4 Å². The minimum Gasteiger partial charge on any atom is -0.367 e. The van der Waals surface area contributed by atoms with Gasteiger partial charge in [-0.3, -0.25) is 14.7 Å². The molecule has 0 saturated carbocycles. The highest BCUT2D eigenvalue weighted by atomic mass is 16.1. The standard InChI is InChI=1S/C24H27N9O/c1-26-24(34)19-7-8-21(32-31-19)29-22-14-20-18(4-2-10-27-20)23(30-22)28-15-12-16-5-6-17(13-15)33(16)11-3-9-25/h2,4,7-8,10,14-17H,3,5-6,11-13H2,1H3,(H,26,34)(H2,28,29,30,32). The molecule has 2 aliphatic heterocycles. The van der Waals surface area contributed by atoms with Crippen molar-refractivity contribution in [3.05, 3.63) is 42.2 Å². The maximum Gasteiger partial charge on any atom is 0.271 e. The maximum atomic E-state index is 11.7. The van der Waals surface area contributed by atoms with Crippen molar-refractivity contribution in [3.63, 3.8) is 0 Å². The van der Waals surface area contributed by atoms with Gasteiger partial charge in [-0.25, -0.2) is 4.98 Å². The van der Waals surface area contributed by atoms with Crippen molar-refractivity contribution in [3.8, 4) is 6.07 Å². The van der Waals surface area contributed by atoms with E-state index in [0.29, 0.717) is 36.2 Å². The molecule has 5 heterocycles. The molecule has 2 unspecified atom stereocenters. The number of amides is 1. The fourth-order valence-electron chi connectivity index (χ4n) is 5.16. The first-order valence-electron chi connectivity index (χ1n) is 11.6. The van der Waals surface area contributed by atoms with Crippen molar-refractivity contribution in [1.29, 1.82) is 5.26 Å². The van der Waals surface area contributed by atoms with Crippen LogP contribution in [0, 0.1) is 11.3 Å². The van der Waals surface area contributed by atoms with Gasteiger partial charge in [-0.2, -0.15) is 5.26 Å². The molecule has 2 saturated heterocycles. The average molecular weight is 458 g/mol. The molecule has 0 radical (unpaired) electrons. The smallest absolute Gasteiger partial charge is 0.271 e. The van der Waals surface area contributed by atoms with Crippen molar-refractivity contribution >= 4 is 34.3 Å². The number of aromatic nitrogens is 4. The van der Waals surface area contributed by atoms with Crippen LogP contribution in [-0.2, 0) is 0 Å². The number of piperidine rings is 1. The topological polar surface area (TPSA) is 132 Å². The Morgan fingerprint density at radius 2 is 2.00 bits per heavy atom. The predicted molar refractivity (Wildman–Crippen MR) is 129 cm³/mol. The number of carbonyl (C=O) groups is 1. The second-order valence-electron chi connectivity index (χ2n) is 8.78. The van der Waals surface area contributed by atoms with E-state index in [0.717, 1.165) is 36.1 Å². The van der Waals surface area contributed by atoms with Gasteiger partial charge in [0.05, 0.1) is 11.6 Å². The van der Waals surface area contributed by atoms with Crippen molar-refractivity contribution in [2.24, 2.45) is 0 Å². The van der Waals surface area contributed by atoms with Gasteiger partial charge in [0.1, 0.15) is 11.6 Å².